The van der Waals surface area contributed by atoms with Gasteiger partial charge in [0.25, 0.3) is 0 Å². The first kappa shape index (κ1) is 21.7. The minimum absolute atomic E-state index is 0.211. The molecule has 0 unspecified atom stereocenters. The zero-order chi connectivity index (χ0) is 21.4. The van der Waals surface area contributed by atoms with Crippen LogP contribution in [0.2, 0.25) is 0 Å². The van der Waals surface area contributed by atoms with Gasteiger partial charge < -0.3 is 10.6 Å². The van der Waals surface area contributed by atoms with Gasteiger partial charge in [-0.05, 0) is 61.7 Å². The predicted molar refractivity (Wildman–Crippen MR) is 120 cm³/mol. The molecular weight excluding hydrogens is 375 g/mol. The van der Waals surface area contributed by atoms with E-state index in [4.69, 9.17) is 5.73 Å². The summed E-state index contributed by atoms with van der Waals surface area (Å²) in [7, 11) is 2.07. The monoisotopic (exact) mass is 404 g/mol. The van der Waals surface area contributed by atoms with Crippen molar-refractivity contribution in [3.05, 3.63) is 107 Å². The maximum absolute atomic E-state index is 13.1. The largest absolute Gasteiger partial charge is 0.369 e. The molecule has 0 aliphatic carbocycles. The van der Waals surface area contributed by atoms with Crippen LogP contribution in [-0.2, 0) is 16.6 Å². The normalized spacial score (nSPS) is 11.6. The Bertz CT molecular complexity index is 887. The van der Waals surface area contributed by atoms with E-state index in [1.807, 2.05) is 72.8 Å². The molecule has 2 N–H and O–H groups in total. The van der Waals surface area contributed by atoms with Crippen LogP contribution >= 0.6 is 0 Å². The van der Waals surface area contributed by atoms with Crippen LogP contribution in [0, 0.1) is 5.82 Å². The van der Waals surface area contributed by atoms with Crippen molar-refractivity contribution >= 4 is 5.91 Å². The molecule has 4 heteroatoms. The van der Waals surface area contributed by atoms with Gasteiger partial charge in [0.2, 0.25) is 5.91 Å². The van der Waals surface area contributed by atoms with Gasteiger partial charge in [0.1, 0.15) is 5.82 Å². The molecule has 156 valence electrons. The van der Waals surface area contributed by atoms with Gasteiger partial charge in [0.05, 0.1) is 5.41 Å². The average Bonchev–Trinajstić information content (AvgIpc) is 2.77. The summed E-state index contributed by atoms with van der Waals surface area (Å²) in [6, 6.07) is 26.3. The Morgan fingerprint density at radius 3 is 1.90 bits per heavy atom. The van der Waals surface area contributed by atoms with E-state index < -0.39 is 5.41 Å². The third kappa shape index (κ3) is 5.14. The number of carbonyl (C=O) groups excluding carboxylic acids is 1. The lowest BCUT2D eigenvalue weighted by molar-refractivity contribution is -0.122. The smallest absolute Gasteiger partial charge is 0.232 e. The quantitative estimate of drug-likeness (QED) is 0.539. The van der Waals surface area contributed by atoms with E-state index in [1.54, 1.807) is 0 Å². The van der Waals surface area contributed by atoms with E-state index in [0.717, 1.165) is 42.6 Å². The number of primary amides is 1. The molecule has 0 heterocycles. The van der Waals surface area contributed by atoms with Crippen molar-refractivity contribution in [2.45, 2.75) is 24.7 Å². The van der Waals surface area contributed by atoms with Crippen molar-refractivity contribution in [2.75, 3.05) is 20.1 Å². The van der Waals surface area contributed by atoms with Crippen LogP contribution in [-0.4, -0.2) is 30.9 Å². The molecule has 3 aromatic rings. The van der Waals surface area contributed by atoms with Gasteiger partial charge in [0.15, 0.2) is 0 Å². The molecule has 0 saturated carbocycles. The van der Waals surface area contributed by atoms with Crippen LogP contribution in [0.5, 0.6) is 0 Å². The van der Waals surface area contributed by atoms with Crippen molar-refractivity contribution in [3.63, 3.8) is 0 Å². The van der Waals surface area contributed by atoms with Crippen molar-refractivity contribution in [2.24, 2.45) is 5.73 Å². The summed E-state index contributed by atoms with van der Waals surface area (Å²) in [5, 5.41) is 0. The Labute approximate surface area is 178 Å². The topological polar surface area (TPSA) is 46.3 Å². The fraction of sp³-hybridized carbons (Fsp3) is 0.269. The van der Waals surface area contributed by atoms with Gasteiger partial charge in [-0.1, -0.05) is 72.8 Å². The molecule has 0 fully saturated rings. The Morgan fingerprint density at radius 1 is 0.867 bits per heavy atom. The fourth-order valence-corrected chi connectivity index (χ4v) is 4.01. The predicted octanol–water partition coefficient (Wildman–Crippen LogP) is 4.55. The highest BCUT2D eigenvalue weighted by molar-refractivity contribution is 5.90. The molecule has 0 spiro atoms. The van der Waals surface area contributed by atoms with Crippen molar-refractivity contribution in [1.29, 1.82) is 0 Å². The number of carbonyl (C=O) groups is 1. The number of nitrogens with zero attached hydrogens (tertiary/aromatic N) is 1. The summed E-state index contributed by atoms with van der Waals surface area (Å²) in [6.07, 6.45) is 2.32. The Morgan fingerprint density at radius 2 is 1.40 bits per heavy atom. The van der Waals surface area contributed by atoms with Crippen LogP contribution < -0.4 is 5.73 Å². The van der Waals surface area contributed by atoms with Gasteiger partial charge in [-0.2, -0.15) is 0 Å². The fourth-order valence-electron chi connectivity index (χ4n) is 4.01. The highest BCUT2D eigenvalue weighted by Crippen LogP contribution is 2.36. The number of hydrogen-bond acceptors (Lipinski definition) is 2. The second-order valence-electron chi connectivity index (χ2n) is 7.78. The molecule has 3 rings (SSSR count). The van der Waals surface area contributed by atoms with E-state index >= 15 is 0 Å². The molecule has 0 atom stereocenters. The molecule has 0 bridgehead atoms. The molecule has 30 heavy (non-hydrogen) atoms. The lowest BCUT2D eigenvalue weighted by Crippen LogP contribution is -2.43. The molecule has 0 radical (unpaired) electrons. The van der Waals surface area contributed by atoms with Crippen molar-refractivity contribution in [1.82, 2.24) is 4.90 Å². The van der Waals surface area contributed by atoms with Gasteiger partial charge in [0, 0.05) is 6.54 Å². The Kier molecular flexibility index (Phi) is 7.36. The zero-order valence-corrected chi connectivity index (χ0v) is 17.4. The van der Waals surface area contributed by atoms with Crippen LogP contribution in [0.1, 0.15) is 29.5 Å². The van der Waals surface area contributed by atoms with E-state index in [2.05, 4.69) is 11.9 Å². The number of benzene rings is 3. The van der Waals surface area contributed by atoms with Crippen LogP contribution in [0.25, 0.3) is 0 Å². The summed E-state index contributed by atoms with van der Waals surface area (Å²) in [6.45, 7) is 1.71. The molecule has 1 amide bonds. The van der Waals surface area contributed by atoms with Crippen molar-refractivity contribution in [3.8, 4) is 0 Å². The number of nitrogens with two attached hydrogens (primary N) is 1. The summed E-state index contributed by atoms with van der Waals surface area (Å²) in [5.41, 5.74) is 8.14. The molecule has 3 nitrogen and oxygen atoms in total. The maximum atomic E-state index is 13.1. The van der Waals surface area contributed by atoms with Gasteiger partial charge in [-0.25, -0.2) is 4.39 Å². The second kappa shape index (κ2) is 10.2. The molecule has 0 aromatic heterocycles. The molecule has 0 saturated heterocycles. The summed E-state index contributed by atoms with van der Waals surface area (Å²) < 4.78 is 13.1. The standard InChI is InChI=1S/C26H29FN2O/c1-29(20-17-21-13-15-24(27)16-14-21)19-8-18-26(25(28)30,22-9-4-2-5-10-22)23-11-6-3-7-12-23/h2-7,9-16H,8,17-20H2,1H3,(H2,28,30). The van der Waals surface area contributed by atoms with E-state index in [9.17, 15) is 9.18 Å². The second-order valence-corrected chi connectivity index (χ2v) is 7.78. The minimum atomic E-state index is -0.847. The molecule has 3 aromatic carbocycles. The van der Waals surface area contributed by atoms with Gasteiger partial charge in [-0.3, -0.25) is 4.79 Å². The SMILES string of the molecule is CN(CCCC(C(N)=O)(c1ccccc1)c1ccccc1)CCc1ccc(F)cc1. The van der Waals surface area contributed by atoms with E-state index in [0.29, 0.717) is 6.42 Å². The van der Waals surface area contributed by atoms with Crippen LogP contribution in [0.3, 0.4) is 0 Å². The molecule has 0 aliphatic heterocycles. The summed E-state index contributed by atoms with van der Waals surface area (Å²) >= 11 is 0. The number of hydrogen-bond donors (Lipinski definition) is 1. The number of halogens is 1. The minimum Gasteiger partial charge on any atom is -0.369 e. The Hall–Kier alpha value is -2.98. The van der Waals surface area contributed by atoms with Gasteiger partial charge in [-0.15, -0.1) is 0 Å². The first-order valence-corrected chi connectivity index (χ1v) is 10.4. The summed E-state index contributed by atoms with van der Waals surface area (Å²) in [5.74, 6) is -0.536. The first-order valence-electron chi connectivity index (χ1n) is 10.4. The van der Waals surface area contributed by atoms with E-state index in [-0.39, 0.29) is 11.7 Å². The lowest BCUT2D eigenvalue weighted by Gasteiger charge is -2.32. The highest BCUT2D eigenvalue weighted by Gasteiger charge is 2.39. The number of likely N-dealkylation sites (N-methyl/N-ethyl adjacent to an activating group) is 1. The van der Waals surface area contributed by atoms with Crippen molar-refractivity contribution < 1.29 is 9.18 Å². The average molecular weight is 405 g/mol. The Balaban J connectivity index is 1.69. The van der Waals surface area contributed by atoms with E-state index in [1.165, 1.54) is 12.1 Å². The zero-order valence-electron chi connectivity index (χ0n) is 17.4. The number of rotatable bonds is 10. The molecular formula is C26H29FN2O. The van der Waals surface area contributed by atoms with Crippen LogP contribution in [0.4, 0.5) is 4.39 Å². The third-order valence-corrected chi connectivity index (χ3v) is 5.74. The first-order chi connectivity index (χ1) is 14.5. The summed E-state index contributed by atoms with van der Waals surface area (Å²) in [4.78, 5) is 15.1. The number of amides is 1. The third-order valence-electron chi connectivity index (χ3n) is 5.74. The van der Waals surface area contributed by atoms with Gasteiger partial charge >= 0.3 is 0 Å². The van der Waals surface area contributed by atoms with Crippen LogP contribution in [0.15, 0.2) is 84.9 Å². The molecule has 0 aliphatic rings. The lowest BCUT2D eigenvalue weighted by atomic mass is 9.70. The highest BCUT2D eigenvalue weighted by atomic mass is 19.1. The maximum Gasteiger partial charge on any atom is 0.232 e.